The van der Waals surface area contributed by atoms with Gasteiger partial charge in [0.1, 0.15) is 12.7 Å². The van der Waals surface area contributed by atoms with Gasteiger partial charge in [-0.3, -0.25) is 23.4 Å². The van der Waals surface area contributed by atoms with Crippen LogP contribution in [0.4, 0.5) is 0 Å². The van der Waals surface area contributed by atoms with E-state index in [0.29, 0.717) is 19.3 Å². The Morgan fingerprint density at radius 3 is 1.04 bits per heavy atom. The van der Waals surface area contributed by atoms with Gasteiger partial charge in [-0.2, -0.15) is 0 Å². The summed E-state index contributed by atoms with van der Waals surface area (Å²) in [5.74, 6) is -1.50. The van der Waals surface area contributed by atoms with E-state index in [2.05, 4.69) is 106 Å². The van der Waals surface area contributed by atoms with Gasteiger partial charge in [0.25, 0.3) is 0 Å². The van der Waals surface area contributed by atoms with Gasteiger partial charge in [0.15, 0.2) is 6.10 Å². The number of ether oxygens (including phenoxy) is 3. The third-order valence-corrected chi connectivity index (χ3v) is 13.7. The molecule has 0 aliphatic rings. The van der Waals surface area contributed by atoms with Crippen molar-refractivity contribution >= 4 is 25.7 Å². The molecule has 0 bridgehead atoms. The summed E-state index contributed by atoms with van der Waals surface area (Å²) < 4.78 is 39.5. The Bertz CT molecular complexity index is 1600. The van der Waals surface area contributed by atoms with Gasteiger partial charge >= 0.3 is 25.7 Å². The summed E-state index contributed by atoms with van der Waals surface area (Å²) in [5, 5.41) is 9.83. The predicted molar refractivity (Wildman–Crippen MR) is 316 cm³/mol. The standard InChI is InChI=1S/C64H111O11P/c1-4-7-10-13-16-19-22-24-26-28-30-32-34-36-39-42-45-48-51-54-63(67)74-60(56-65)58-72-76(69,70)73-59-61(57-71-62(66)53-50-47-44-41-38-21-18-15-12-9-6-3)75-64(68)55-52-49-46-43-40-37-35-33-31-29-27-25-23-20-17-14-11-8-5-2/h15-20,24-27,30-33,60-61,65H,4-14,21-23,28-29,34-59H2,1-3H3,(H,69,70)/b18-15-,19-16-,20-17-,26-24-,27-25-,32-30-,33-31-. The number of carbonyl (C=O) groups is 3. The fraction of sp³-hybridized carbons (Fsp3) is 0.734. The van der Waals surface area contributed by atoms with Crippen LogP contribution in [-0.4, -0.2) is 66.5 Å². The van der Waals surface area contributed by atoms with Crippen LogP contribution in [0.1, 0.15) is 265 Å². The number of unbranched alkanes of at least 4 members (excludes halogenated alkanes) is 25. The highest BCUT2D eigenvalue weighted by Crippen LogP contribution is 2.43. The second-order valence-electron chi connectivity index (χ2n) is 20.2. The van der Waals surface area contributed by atoms with Crippen molar-refractivity contribution in [1.82, 2.24) is 0 Å². The minimum atomic E-state index is -4.76. The van der Waals surface area contributed by atoms with Crippen LogP contribution >= 0.6 is 7.82 Å². The van der Waals surface area contributed by atoms with Gasteiger partial charge in [-0.15, -0.1) is 0 Å². The van der Waals surface area contributed by atoms with Crippen LogP contribution in [0.25, 0.3) is 0 Å². The van der Waals surface area contributed by atoms with Gasteiger partial charge in [0, 0.05) is 19.3 Å². The molecule has 76 heavy (non-hydrogen) atoms. The van der Waals surface area contributed by atoms with E-state index in [0.717, 1.165) is 141 Å². The van der Waals surface area contributed by atoms with Crippen molar-refractivity contribution in [2.45, 2.75) is 277 Å². The lowest BCUT2D eigenvalue weighted by Crippen LogP contribution is -2.30. The molecule has 0 saturated carbocycles. The number of phosphoric acid groups is 1. The van der Waals surface area contributed by atoms with Crippen LogP contribution in [-0.2, 0) is 42.2 Å². The third kappa shape index (κ3) is 55.4. The maximum Gasteiger partial charge on any atom is 0.472 e. The molecule has 0 heterocycles. The second kappa shape index (κ2) is 57.8. The zero-order valence-electron chi connectivity index (χ0n) is 48.5. The van der Waals surface area contributed by atoms with Crippen molar-refractivity contribution in [2.24, 2.45) is 0 Å². The highest BCUT2D eigenvalue weighted by atomic mass is 31.2. The summed E-state index contributed by atoms with van der Waals surface area (Å²) in [6.07, 6.45) is 66.7. The topological polar surface area (TPSA) is 155 Å². The molecule has 0 aliphatic heterocycles. The largest absolute Gasteiger partial charge is 0.472 e. The van der Waals surface area contributed by atoms with E-state index in [9.17, 15) is 28.9 Å². The van der Waals surface area contributed by atoms with Gasteiger partial charge in [-0.05, 0) is 116 Å². The van der Waals surface area contributed by atoms with Crippen LogP contribution in [0.3, 0.4) is 0 Å². The SMILES string of the molecule is CCCC/C=C\CCCCCCCC(=O)OCC(COP(=O)(O)OCC(CO)OC(=O)CCCCCCCC/C=C\C/C=C\C/C=C\CCCCC)OC(=O)CCCCCCCC/C=C\C/C=C\C/C=C\CCCCC. The molecule has 3 unspecified atom stereocenters. The number of allylic oxidation sites excluding steroid dienone is 14. The fourth-order valence-corrected chi connectivity index (χ4v) is 8.84. The van der Waals surface area contributed by atoms with Gasteiger partial charge in [-0.25, -0.2) is 4.57 Å². The Balaban J connectivity index is 4.68. The van der Waals surface area contributed by atoms with Crippen molar-refractivity contribution in [2.75, 3.05) is 26.4 Å². The molecule has 438 valence electrons. The second-order valence-corrected chi connectivity index (χ2v) is 21.6. The summed E-state index contributed by atoms with van der Waals surface area (Å²) in [7, 11) is -4.76. The molecule has 0 aromatic heterocycles. The van der Waals surface area contributed by atoms with Crippen LogP contribution < -0.4 is 0 Å². The van der Waals surface area contributed by atoms with Crippen molar-refractivity contribution < 1.29 is 52.2 Å². The molecule has 0 amide bonds. The van der Waals surface area contributed by atoms with Gasteiger partial charge < -0.3 is 24.2 Å². The number of hydrogen-bond acceptors (Lipinski definition) is 10. The van der Waals surface area contributed by atoms with Crippen molar-refractivity contribution in [1.29, 1.82) is 0 Å². The number of aliphatic hydroxyl groups excluding tert-OH is 1. The highest BCUT2D eigenvalue weighted by molar-refractivity contribution is 7.47. The molecular weight excluding hydrogens is 976 g/mol. The number of rotatable bonds is 56. The lowest BCUT2D eigenvalue weighted by molar-refractivity contribution is -0.161. The molecule has 0 radical (unpaired) electrons. The van der Waals surface area contributed by atoms with Gasteiger partial charge in [0.2, 0.25) is 0 Å². The first-order chi connectivity index (χ1) is 37.2. The first-order valence-corrected chi connectivity index (χ1v) is 32.0. The number of hydrogen-bond donors (Lipinski definition) is 2. The van der Waals surface area contributed by atoms with Crippen molar-refractivity contribution in [3.05, 3.63) is 85.1 Å². The summed E-state index contributed by atoms with van der Waals surface area (Å²) in [6.45, 7) is 4.52. The Kier molecular flexibility index (Phi) is 55.3. The minimum Gasteiger partial charge on any atom is -0.462 e. The number of phosphoric ester groups is 1. The lowest BCUT2D eigenvalue weighted by atomic mass is 10.1. The van der Waals surface area contributed by atoms with E-state index < -0.39 is 57.8 Å². The van der Waals surface area contributed by atoms with Crippen molar-refractivity contribution in [3.8, 4) is 0 Å². The lowest BCUT2D eigenvalue weighted by Gasteiger charge is -2.21. The average Bonchev–Trinajstić information content (AvgIpc) is 3.41. The Morgan fingerprint density at radius 1 is 0.368 bits per heavy atom. The Labute approximate surface area is 464 Å². The number of aliphatic hydroxyl groups is 1. The van der Waals surface area contributed by atoms with E-state index in [1.165, 1.54) is 64.2 Å². The first kappa shape index (κ1) is 72.7. The van der Waals surface area contributed by atoms with Crippen molar-refractivity contribution in [3.63, 3.8) is 0 Å². The molecule has 0 aromatic rings. The number of esters is 3. The van der Waals surface area contributed by atoms with Crippen LogP contribution in [0, 0.1) is 0 Å². The minimum absolute atomic E-state index is 0.148. The molecule has 0 aliphatic carbocycles. The quantitative estimate of drug-likeness (QED) is 0.0197. The summed E-state index contributed by atoms with van der Waals surface area (Å²) in [4.78, 5) is 48.6. The van der Waals surface area contributed by atoms with Gasteiger partial charge in [0.05, 0.1) is 19.8 Å². The smallest absolute Gasteiger partial charge is 0.462 e. The molecule has 0 spiro atoms. The number of carbonyl (C=O) groups excluding carboxylic acids is 3. The molecule has 11 nitrogen and oxygen atoms in total. The molecule has 3 atom stereocenters. The molecular formula is C64H111O11P. The zero-order chi connectivity index (χ0) is 55.5. The zero-order valence-corrected chi connectivity index (χ0v) is 49.3. The first-order valence-electron chi connectivity index (χ1n) is 30.5. The summed E-state index contributed by atoms with van der Waals surface area (Å²) in [6, 6.07) is 0. The highest BCUT2D eigenvalue weighted by Gasteiger charge is 2.28. The molecule has 0 rings (SSSR count). The van der Waals surface area contributed by atoms with Crippen LogP contribution in [0.15, 0.2) is 85.1 Å². The molecule has 12 heteroatoms. The predicted octanol–water partition coefficient (Wildman–Crippen LogP) is 18.3. The van der Waals surface area contributed by atoms with E-state index in [-0.39, 0.29) is 25.9 Å². The fourth-order valence-electron chi connectivity index (χ4n) is 8.06. The maximum absolute atomic E-state index is 12.9. The molecule has 0 aromatic carbocycles. The maximum atomic E-state index is 12.9. The average molecular weight is 1090 g/mol. The Hall–Kier alpha value is -3.34. The van der Waals surface area contributed by atoms with E-state index in [4.69, 9.17) is 23.3 Å². The monoisotopic (exact) mass is 1090 g/mol. The van der Waals surface area contributed by atoms with Crippen LogP contribution in [0.5, 0.6) is 0 Å². The van der Waals surface area contributed by atoms with Gasteiger partial charge in [-0.1, -0.05) is 215 Å². The van der Waals surface area contributed by atoms with E-state index in [1.54, 1.807) is 0 Å². The van der Waals surface area contributed by atoms with E-state index in [1.807, 2.05) is 0 Å². The summed E-state index contributed by atoms with van der Waals surface area (Å²) in [5.41, 5.74) is 0. The van der Waals surface area contributed by atoms with E-state index >= 15 is 0 Å². The molecule has 0 fully saturated rings. The Morgan fingerprint density at radius 2 is 0.658 bits per heavy atom. The summed E-state index contributed by atoms with van der Waals surface area (Å²) >= 11 is 0. The van der Waals surface area contributed by atoms with Crippen LogP contribution in [0.2, 0.25) is 0 Å². The molecule has 0 saturated heterocycles. The third-order valence-electron chi connectivity index (χ3n) is 12.8. The molecule has 2 N–H and O–H groups in total. The normalized spacial score (nSPS) is 13.9.